The molecule has 0 aliphatic carbocycles. The highest BCUT2D eigenvalue weighted by atomic mass is 28.4. The van der Waals surface area contributed by atoms with E-state index in [0.29, 0.717) is 0 Å². The second-order valence-electron chi connectivity index (χ2n) is 6.36. The Bertz CT molecular complexity index is 482. The van der Waals surface area contributed by atoms with E-state index < -0.39 is 8.32 Å². The molecule has 2 nitrogen and oxygen atoms in total. The van der Waals surface area contributed by atoms with Gasteiger partial charge in [-0.25, -0.2) is 0 Å². The lowest BCUT2D eigenvalue weighted by Gasteiger charge is -2.34. The number of carbonyl (C=O) groups is 1. The zero-order chi connectivity index (χ0) is 14.7. The van der Waals surface area contributed by atoms with Gasteiger partial charge < -0.3 is 4.43 Å². The van der Waals surface area contributed by atoms with Crippen molar-refractivity contribution in [2.24, 2.45) is 0 Å². The third-order valence-corrected chi connectivity index (χ3v) is 8.06. The fourth-order valence-electron chi connectivity index (χ4n) is 1.32. The summed E-state index contributed by atoms with van der Waals surface area (Å²) in [7, 11) is -1.75. The number of benzene rings is 1. The van der Waals surface area contributed by atoms with Gasteiger partial charge in [0.05, 0.1) is 6.26 Å². The van der Waals surface area contributed by atoms with Gasteiger partial charge in [0.25, 0.3) is 0 Å². The maximum atomic E-state index is 11.3. The quantitative estimate of drug-likeness (QED) is 0.445. The molecular formula is C16H24O2Si. The zero-order valence-corrected chi connectivity index (χ0v) is 13.8. The number of rotatable bonds is 4. The van der Waals surface area contributed by atoms with E-state index in [1.165, 1.54) is 0 Å². The van der Waals surface area contributed by atoms with E-state index in [2.05, 4.69) is 33.9 Å². The summed E-state index contributed by atoms with van der Waals surface area (Å²) in [5.41, 5.74) is 1.72. The van der Waals surface area contributed by atoms with Crippen molar-refractivity contribution in [3.05, 3.63) is 41.7 Å². The van der Waals surface area contributed by atoms with Crippen molar-refractivity contribution in [1.82, 2.24) is 0 Å². The predicted octanol–water partition coefficient (Wildman–Crippen LogP) is 4.88. The molecule has 19 heavy (non-hydrogen) atoms. The highest BCUT2D eigenvalue weighted by Gasteiger charge is 2.37. The summed E-state index contributed by atoms with van der Waals surface area (Å²) in [5, 5.41) is 0.193. The maximum absolute atomic E-state index is 11.3. The summed E-state index contributed by atoms with van der Waals surface area (Å²) in [6, 6.07) is 7.57. The van der Waals surface area contributed by atoms with Crippen LogP contribution < -0.4 is 0 Å². The molecule has 0 aromatic heterocycles. The molecule has 0 saturated heterocycles. The van der Waals surface area contributed by atoms with Crippen LogP contribution in [-0.2, 0) is 4.43 Å². The van der Waals surface area contributed by atoms with Crippen LogP contribution in [-0.4, -0.2) is 14.1 Å². The SMILES string of the molecule is CC(=O)c1cccc(/C=C/O[Si](C)(C)C(C)(C)C)c1. The van der Waals surface area contributed by atoms with Gasteiger partial charge in [-0.1, -0.05) is 39.0 Å². The fourth-order valence-corrected chi connectivity index (χ4v) is 2.08. The summed E-state index contributed by atoms with van der Waals surface area (Å²) < 4.78 is 5.97. The van der Waals surface area contributed by atoms with Crippen LogP contribution in [0.3, 0.4) is 0 Å². The van der Waals surface area contributed by atoms with E-state index in [9.17, 15) is 4.79 Å². The number of hydrogen-bond acceptors (Lipinski definition) is 2. The zero-order valence-electron chi connectivity index (χ0n) is 12.8. The van der Waals surface area contributed by atoms with Crippen LogP contribution in [0.15, 0.2) is 30.5 Å². The number of ketones is 1. The highest BCUT2D eigenvalue weighted by Crippen LogP contribution is 2.36. The van der Waals surface area contributed by atoms with Crippen LogP contribution in [0.5, 0.6) is 0 Å². The first-order chi connectivity index (χ1) is 8.63. The standard InChI is InChI=1S/C16H24O2Si/c1-13(17)15-9-7-8-14(12-15)10-11-18-19(5,6)16(2,3)4/h7-12H,1-6H3/b11-10+. The molecule has 0 spiro atoms. The van der Waals surface area contributed by atoms with Crippen molar-refractivity contribution >= 4 is 20.2 Å². The van der Waals surface area contributed by atoms with E-state index in [4.69, 9.17) is 4.43 Å². The lowest BCUT2D eigenvalue weighted by molar-refractivity contribution is 0.101. The molecule has 1 aromatic carbocycles. The Balaban J connectivity index is 2.78. The lowest BCUT2D eigenvalue weighted by Crippen LogP contribution is -2.39. The van der Waals surface area contributed by atoms with Gasteiger partial charge in [0.2, 0.25) is 8.32 Å². The van der Waals surface area contributed by atoms with Gasteiger partial charge in [-0.3, -0.25) is 4.79 Å². The first-order valence-corrected chi connectivity index (χ1v) is 9.50. The smallest absolute Gasteiger partial charge is 0.249 e. The molecule has 0 aliphatic heterocycles. The van der Waals surface area contributed by atoms with Crippen LogP contribution in [0, 0.1) is 0 Å². The third-order valence-electron chi connectivity index (χ3n) is 3.72. The van der Waals surface area contributed by atoms with E-state index >= 15 is 0 Å². The van der Waals surface area contributed by atoms with E-state index in [1.54, 1.807) is 13.2 Å². The van der Waals surface area contributed by atoms with Crippen LogP contribution >= 0.6 is 0 Å². The third kappa shape index (κ3) is 4.35. The molecule has 0 unspecified atom stereocenters. The molecule has 0 radical (unpaired) electrons. The van der Waals surface area contributed by atoms with Crippen molar-refractivity contribution in [1.29, 1.82) is 0 Å². The number of hydrogen-bond donors (Lipinski definition) is 0. The summed E-state index contributed by atoms with van der Waals surface area (Å²) in [6.07, 6.45) is 3.70. The van der Waals surface area contributed by atoms with Crippen molar-refractivity contribution in [3.8, 4) is 0 Å². The van der Waals surface area contributed by atoms with Gasteiger partial charge in [-0.05, 0) is 42.8 Å². The van der Waals surface area contributed by atoms with Crippen LogP contribution in [0.2, 0.25) is 18.1 Å². The largest absolute Gasteiger partial charge is 0.549 e. The Labute approximate surface area is 117 Å². The minimum absolute atomic E-state index is 0.0839. The van der Waals surface area contributed by atoms with Gasteiger partial charge >= 0.3 is 0 Å². The Morgan fingerprint density at radius 2 is 1.89 bits per heavy atom. The Kier molecular flexibility index (Phi) is 4.74. The first kappa shape index (κ1) is 15.7. The van der Waals surface area contributed by atoms with Crippen molar-refractivity contribution in [2.45, 2.75) is 45.8 Å². The molecule has 1 aromatic rings. The van der Waals surface area contributed by atoms with Gasteiger partial charge in [0.1, 0.15) is 0 Å². The highest BCUT2D eigenvalue weighted by molar-refractivity contribution is 6.74. The van der Waals surface area contributed by atoms with Gasteiger partial charge in [-0.2, -0.15) is 0 Å². The second-order valence-corrected chi connectivity index (χ2v) is 11.1. The molecule has 3 heteroatoms. The molecular weight excluding hydrogens is 252 g/mol. The molecule has 104 valence electrons. The summed E-state index contributed by atoms with van der Waals surface area (Å²) in [5.74, 6) is 0.0839. The average Bonchev–Trinajstić information content (AvgIpc) is 2.27. The molecule has 0 atom stereocenters. The Morgan fingerprint density at radius 1 is 1.26 bits per heavy atom. The molecule has 1 rings (SSSR count). The summed E-state index contributed by atoms with van der Waals surface area (Å²) in [6.45, 7) is 12.6. The molecule has 0 fully saturated rings. The fraction of sp³-hybridized carbons (Fsp3) is 0.438. The van der Waals surface area contributed by atoms with Crippen LogP contribution in [0.25, 0.3) is 6.08 Å². The first-order valence-electron chi connectivity index (χ1n) is 6.59. The summed E-state index contributed by atoms with van der Waals surface area (Å²) >= 11 is 0. The van der Waals surface area contributed by atoms with Crippen LogP contribution in [0.1, 0.15) is 43.6 Å². The minimum Gasteiger partial charge on any atom is -0.549 e. The second kappa shape index (κ2) is 5.74. The van der Waals surface area contributed by atoms with Crippen molar-refractivity contribution in [3.63, 3.8) is 0 Å². The van der Waals surface area contributed by atoms with E-state index in [-0.39, 0.29) is 10.8 Å². The monoisotopic (exact) mass is 276 g/mol. The number of Topliss-reactive ketones (excluding diaryl/α,β-unsaturated/α-hetero) is 1. The topological polar surface area (TPSA) is 26.3 Å². The Morgan fingerprint density at radius 3 is 2.42 bits per heavy atom. The number of carbonyl (C=O) groups excluding carboxylic acids is 1. The van der Waals surface area contributed by atoms with Crippen LogP contribution in [0.4, 0.5) is 0 Å². The lowest BCUT2D eigenvalue weighted by atomic mass is 10.1. The molecule has 0 heterocycles. The van der Waals surface area contributed by atoms with Gasteiger partial charge in [0.15, 0.2) is 5.78 Å². The van der Waals surface area contributed by atoms with Crippen molar-refractivity contribution in [2.75, 3.05) is 0 Å². The maximum Gasteiger partial charge on any atom is 0.249 e. The molecule has 0 N–H and O–H groups in total. The van der Waals surface area contributed by atoms with E-state index in [0.717, 1.165) is 11.1 Å². The summed E-state index contributed by atoms with van der Waals surface area (Å²) in [4.78, 5) is 11.3. The average molecular weight is 276 g/mol. The Hall–Kier alpha value is -1.35. The normalized spacial score (nSPS) is 12.7. The van der Waals surface area contributed by atoms with Gasteiger partial charge in [0, 0.05) is 5.56 Å². The molecule has 0 bridgehead atoms. The molecule has 0 aliphatic rings. The van der Waals surface area contributed by atoms with E-state index in [1.807, 2.05) is 30.3 Å². The van der Waals surface area contributed by atoms with Gasteiger partial charge in [-0.15, -0.1) is 0 Å². The minimum atomic E-state index is -1.75. The predicted molar refractivity (Wildman–Crippen MR) is 83.8 cm³/mol. The molecule has 0 saturated carbocycles. The van der Waals surface area contributed by atoms with Crippen molar-refractivity contribution < 1.29 is 9.22 Å². The molecule has 0 amide bonds.